The third-order valence-electron chi connectivity index (χ3n) is 3.05. The van der Waals surface area contributed by atoms with Crippen LogP contribution in [-0.2, 0) is 4.79 Å². The van der Waals surface area contributed by atoms with Crippen molar-refractivity contribution in [3.8, 4) is 5.75 Å². The van der Waals surface area contributed by atoms with Gasteiger partial charge in [-0.2, -0.15) is 0 Å². The second-order valence-electron chi connectivity index (χ2n) is 4.37. The number of esters is 1. The van der Waals surface area contributed by atoms with Crippen molar-refractivity contribution in [2.45, 2.75) is 25.8 Å². The lowest BCUT2D eigenvalue weighted by atomic mass is 10.1. The first-order chi connectivity index (χ1) is 9.41. The summed E-state index contributed by atoms with van der Waals surface area (Å²) in [5, 5.41) is 9.07. The summed E-state index contributed by atoms with van der Waals surface area (Å²) in [6.07, 6.45) is 0.778. The third-order valence-corrected chi connectivity index (χ3v) is 3.35. The third kappa shape index (κ3) is 2.67. The van der Waals surface area contributed by atoms with E-state index in [-0.39, 0.29) is 16.5 Å². The average Bonchev–Trinajstić information content (AvgIpc) is 2.82. The Hall–Kier alpha value is -1.89. The first kappa shape index (κ1) is 14.5. The SMILES string of the molecule is CC(=O)Oc1c(F)cnc(Cl)c1C1CCCN1C(=O)O. The molecule has 6 nitrogen and oxygen atoms in total. The Balaban J connectivity index is 2.51. The highest BCUT2D eigenvalue weighted by Crippen LogP contribution is 2.41. The predicted octanol–water partition coefficient (Wildman–Crippen LogP) is 2.61. The van der Waals surface area contributed by atoms with Crippen LogP contribution in [0.25, 0.3) is 0 Å². The zero-order chi connectivity index (χ0) is 14.9. The van der Waals surface area contributed by atoms with E-state index in [2.05, 4.69) is 4.98 Å². The molecule has 0 aromatic carbocycles. The summed E-state index contributed by atoms with van der Waals surface area (Å²) in [6, 6.07) is -0.669. The van der Waals surface area contributed by atoms with Crippen LogP contribution >= 0.6 is 11.6 Å². The molecule has 1 aliphatic heterocycles. The normalized spacial score (nSPS) is 18.1. The number of rotatable bonds is 2. The Morgan fingerprint density at radius 3 is 2.90 bits per heavy atom. The molecule has 1 amide bonds. The highest BCUT2D eigenvalue weighted by molar-refractivity contribution is 6.30. The lowest BCUT2D eigenvalue weighted by Crippen LogP contribution is -2.29. The number of carbonyl (C=O) groups is 2. The number of likely N-dealkylation sites (tertiary alicyclic amines) is 1. The predicted molar refractivity (Wildman–Crippen MR) is 67.2 cm³/mol. The van der Waals surface area contributed by atoms with E-state index in [1.54, 1.807) is 0 Å². The van der Waals surface area contributed by atoms with Gasteiger partial charge in [-0.25, -0.2) is 14.2 Å². The van der Waals surface area contributed by atoms with Gasteiger partial charge in [0.2, 0.25) is 0 Å². The van der Waals surface area contributed by atoms with Crippen molar-refractivity contribution in [1.29, 1.82) is 0 Å². The summed E-state index contributed by atoms with van der Waals surface area (Å²) >= 11 is 5.95. The van der Waals surface area contributed by atoms with Crippen molar-refractivity contribution in [2.24, 2.45) is 0 Å². The fourth-order valence-corrected chi connectivity index (χ4v) is 2.56. The van der Waals surface area contributed by atoms with E-state index in [0.29, 0.717) is 19.4 Å². The Morgan fingerprint density at radius 2 is 2.30 bits per heavy atom. The van der Waals surface area contributed by atoms with E-state index in [1.165, 1.54) is 0 Å². The first-order valence-corrected chi connectivity index (χ1v) is 6.31. The highest BCUT2D eigenvalue weighted by atomic mass is 35.5. The fourth-order valence-electron chi connectivity index (χ4n) is 2.30. The van der Waals surface area contributed by atoms with Crippen molar-refractivity contribution < 1.29 is 23.8 Å². The van der Waals surface area contributed by atoms with Crippen molar-refractivity contribution >= 4 is 23.7 Å². The van der Waals surface area contributed by atoms with Crippen LogP contribution in [0.1, 0.15) is 31.4 Å². The van der Waals surface area contributed by atoms with Gasteiger partial charge in [-0.3, -0.25) is 4.79 Å². The van der Waals surface area contributed by atoms with E-state index >= 15 is 0 Å². The zero-order valence-corrected chi connectivity index (χ0v) is 11.4. The van der Waals surface area contributed by atoms with Crippen LogP contribution in [0.5, 0.6) is 5.75 Å². The summed E-state index contributed by atoms with van der Waals surface area (Å²) in [6.45, 7) is 1.44. The number of aromatic nitrogens is 1. The Morgan fingerprint density at radius 1 is 1.60 bits per heavy atom. The van der Waals surface area contributed by atoms with E-state index in [9.17, 15) is 14.0 Å². The van der Waals surface area contributed by atoms with Crippen LogP contribution in [-0.4, -0.2) is 33.6 Å². The van der Waals surface area contributed by atoms with Gasteiger partial charge in [0.05, 0.1) is 17.8 Å². The molecule has 1 aromatic rings. The number of amides is 1. The molecule has 2 rings (SSSR count). The number of hydrogen-bond acceptors (Lipinski definition) is 4. The molecule has 20 heavy (non-hydrogen) atoms. The molecule has 1 N–H and O–H groups in total. The minimum Gasteiger partial charge on any atom is -0.465 e. The molecule has 8 heteroatoms. The molecule has 1 atom stereocenters. The van der Waals surface area contributed by atoms with Crippen LogP contribution < -0.4 is 4.74 Å². The van der Waals surface area contributed by atoms with Gasteiger partial charge < -0.3 is 14.7 Å². The Kier molecular flexibility index (Phi) is 4.08. The van der Waals surface area contributed by atoms with Crippen molar-refractivity contribution in [1.82, 2.24) is 9.88 Å². The summed E-state index contributed by atoms with van der Waals surface area (Å²) in [7, 11) is 0. The molecule has 0 spiro atoms. The van der Waals surface area contributed by atoms with Gasteiger partial charge in [-0.1, -0.05) is 11.6 Å². The topological polar surface area (TPSA) is 79.7 Å². The molecule has 108 valence electrons. The average molecular weight is 303 g/mol. The Bertz CT molecular complexity index is 567. The van der Waals surface area contributed by atoms with Crippen molar-refractivity contribution in [3.63, 3.8) is 0 Å². The number of ether oxygens (including phenoxy) is 1. The van der Waals surface area contributed by atoms with Crippen molar-refractivity contribution in [3.05, 3.63) is 22.7 Å². The van der Waals surface area contributed by atoms with Crippen LogP contribution in [0.3, 0.4) is 0 Å². The summed E-state index contributed by atoms with van der Waals surface area (Å²) < 4.78 is 18.6. The van der Waals surface area contributed by atoms with E-state index in [0.717, 1.165) is 18.0 Å². The molecular formula is C12H12ClFN2O4. The van der Waals surface area contributed by atoms with E-state index in [1.807, 2.05) is 0 Å². The second kappa shape index (κ2) is 5.62. The van der Waals surface area contributed by atoms with Gasteiger partial charge in [0.15, 0.2) is 11.6 Å². The second-order valence-corrected chi connectivity index (χ2v) is 4.73. The fraction of sp³-hybridized carbons (Fsp3) is 0.417. The number of halogens is 2. The number of pyridine rings is 1. The molecule has 1 fully saturated rings. The monoisotopic (exact) mass is 302 g/mol. The molecule has 1 saturated heterocycles. The zero-order valence-electron chi connectivity index (χ0n) is 10.6. The van der Waals surface area contributed by atoms with Crippen LogP contribution in [0.4, 0.5) is 9.18 Å². The molecular weight excluding hydrogens is 291 g/mol. The molecule has 0 aliphatic carbocycles. The molecule has 1 aliphatic rings. The number of hydrogen-bond donors (Lipinski definition) is 1. The summed E-state index contributed by atoms with van der Waals surface area (Å²) in [4.78, 5) is 27.1. The number of carboxylic acid groups (broad SMARTS) is 1. The maximum Gasteiger partial charge on any atom is 0.407 e. The molecule has 0 bridgehead atoms. The maximum absolute atomic E-state index is 13.8. The van der Waals surface area contributed by atoms with E-state index < -0.39 is 23.9 Å². The number of carbonyl (C=O) groups excluding carboxylic acids is 1. The lowest BCUT2D eigenvalue weighted by molar-refractivity contribution is -0.132. The van der Waals surface area contributed by atoms with Gasteiger partial charge in [0.1, 0.15) is 5.15 Å². The minimum atomic E-state index is -1.14. The minimum absolute atomic E-state index is 0.0687. The van der Waals surface area contributed by atoms with E-state index in [4.69, 9.17) is 21.4 Å². The van der Waals surface area contributed by atoms with Gasteiger partial charge in [-0.15, -0.1) is 0 Å². The van der Waals surface area contributed by atoms with Crippen LogP contribution in [0.2, 0.25) is 5.15 Å². The molecule has 2 heterocycles. The molecule has 1 aromatic heterocycles. The largest absolute Gasteiger partial charge is 0.465 e. The van der Waals surface area contributed by atoms with Gasteiger partial charge in [0.25, 0.3) is 0 Å². The van der Waals surface area contributed by atoms with Crippen LogP contribution in [0.15, 0.2) is 6.20 Å². The smallest absolute Gasteiger partial charge is 0.407 e. The lowest BCUT2D eigenvalue weighted by Gasteiger charge is -2.24. The maximum atomic E-state index is 13.8. The van der Waals surface area contributed by atoms with Crippen LogP contribution in [0, 0.1) is 5.82 Å². The summed E-state index contributed by atoms with van der Waals surface area (Å²) in [5.41, 5.74) is 0.0989. The standard InChI is InChI=1S/C12H12ClFN2O4/c1-6(17)20-10-7(14)5-15-11(13)9(10)8-3-2-4-16(8)12(18)19/h5,8H,2-4H2,1H3,(H,18,19). The molecule has 1 unspecified atom stereocenters. The summed E-state index contributed by atoms with van der Waals surface area (Å²) in [5.74, 6) is -1.92. The number of nitrogens with zero attached hydrogens (tertiary/aromatic N) is 2. The highest BCUT2D eigenvalue weighted by Gasteiger charge is 2.35. The first-order valence-electron chi connectivity index (χ1n) is 5.93. The van der Waals surface area contributed by atoms with Crippen molar-refractivity contribution in [2.75, 3.05) is 6.54 Å². The van der Waals surface area contributed by atoms with Gasteiger partial charge >= 0.3 is 12.1 Å². The van der Waals surface area contributed by atoms with Gasteiger partial charge in [-0.05, 0) is 12.8 Å². The quantitative estimate of drug-likeness (QED) is 0.671. The molecule has 0 radical (unpaired) electrons. The Labute approximate surface area is 119 Å². The molecule has 0 saturated carbocycles. The van der Waals surface area contributed by atoms with Gasteiger partial charge in [0, 0.05) is 13.5 Å².